The number of carbonyl (C=O) groups excluding carboxylic acids is 2. The smallest absolute Gasteiger partial charge is 0.255 e. The fourth-order valence-electron chi connectivity index (χ4n) is 3.77. The molecular formula is C19H25N3O2. The molecule has 5 heteroatoms. The van der Waals surface area contributed by atoms with Crippen molar-refractivity contribution in [3.05, 3.63) is 30.1 Å². The van der Waals surface area contributed by atoms with Crippen LogP contribution in [-0.4, -0.2) is 40.3 Å². The van der Waals surface area contributed by atoms with Crippen LogP contribution < -0.4 is 5.32 Å². The largest absolute Gasteiger partial charge is 0.350 e. The average molecular weight is 327 g/mol. The molecule has 1 saturated heterocycles. The molecule has 1 aromatic rings. The zero-order chi connectivity index (χ0) is 16.6. The van der Waals surface area contributed by atoms with E-state index in [2.05, 4.69) is 10.3 Å². The molecule has 1 N–H and O–H groups in total. The third kappa shape index (κ3) is 3.45. The average Bonchev–Trinajstić information content (AvgIpc) is 3.49. The number of rotatable bonds is 5. The van der Waals surface area contributed by atoms with E-state index in [4.69, 9.17) is 0 Å². The van der Waals surface area contributed by atoms with Gasteiger partial charge in [-0.1, -0.05) is 12.8 Å². The van der Waals surface area contributed by atoms with Crippen molar-refractivity contribution in [2.24, 2.45) is 11.8 Å². The molecule has 3 fully saturated rings. The fraction of sp³-hybridized carbons (Fsp3) is 0.632. The summed E-state index contributed by atoms with van der Waals surface area (Å²) in [6.07, 6.45) is 10.8. The Hall–Kier alpha value is -1.91. The number of hydrogen-bond acceptors (Lipinski definition) is 3. The molecule has 2 saturated carbocycles. The minimum atomic E-state index is -0.0907. The lowest BCUT2D eigenvalue weighted by Crippen LogP contribution is -2.56. The molecule has 5 nitrogen and oxygen atoms in total. The molecule has 2 heterocycles. The van der Waals surface area contributed by atoms with Crippen molar-refractivity contribution >= 4 is 11.8 Å². The van der Waals surface area contributed by atoms with Crippen molar-refractivity contribution in [2.75, 3.05) is 13.1 Å². The van der Waals surface area contributed by atoms with E-state index in [1.54, 1.807) is 18.5 Å². The summed E-state index contributed by atoms with van der Waals surface area (Å²) in [6.45, 7) is 1.43. The van der Waals surface area contributed by atoms with Gasteiger partial charge in [0.2, 0.25) is 5.91 Å². The van der Waals surface area contributed by atoms with Gasteiger partial charge in [0, 0.05) is 36.9 Å². The summed E-state index contributed by atoms with van der Waals surface area (Å²) in [5, 5.41) is 3.38. The first kappa shape index (κ1) is 15.6. The Kier molecular flexibility index (Phi) is 4.02. The molecule has 128 valence electrons. The highest BCUT2D eigenvalue weighted by atomic mass is 16.2. The van der Waals surface area contributed by atoms with E-state index in [1.807, 2.05) is 11.0 Å². The molecule has 4 rings (SSSR count). The summed E-state index contributed by atoms with van der Waals surface area (Å²) >= 11 is 0. The maximum atomic E-state index is 12.6. The molecule has 2 aliphatic carbocycles. The van der Waals surface area contributed by atoms with E-state index in [-0.39, 0.29) is 23.3 Å². The first-order valence-electron chi connectivity index (χ1n) is 9.17. The first-order valence-corrected chi connectivity index (χ1v) is 9.17. The second kappa shape index (κ2) is 6.19. The molecular weight excluding hydrogens is 302 g/mol. The zero-order valence-electron chi connectivity index (χ0n) is 14.0. The Morgan fingerprint density at radius 2 is 1.96 bits per heavy atom. The van der Waals surface area contributed by atoms with E-state index in [0.29, 0.717) is 18.7 Å². The molecule has 2 amide bonds. The van der Waals surface area contributed by atoms with Gasteiger partial charge in [-0.2, -0.15) is 0 Å². The molecule has 0 unspecified atom stereocenters. The summed E-state index contributed by atoms with van der Waals surface area (Å²) in [5.41, 5.74) is 0.557. The van der Waals surface area contributed by atoms with Crippen molar-refractivity contribution < 1.29 is 9.59 Å². The number of pyridine rings is 1. The third-order valence-electron chi connectivity index (χ3n) is 5.63. The predicted octanol–water partition coefficient (Wildman–Crippen LogP) is 2.38. The summed E-state index contributed by atoms with van der Waals surface area (Å²) in [5.74, 6) is 1.31. The van der Waals surface area contributed by atoms with Gasteiger partial charge in [-0.25, -0.2) is 0 Å². The van der Waals surface area contributed by atoms with E-state index in [9.17, 15) is 9.59 Å². The van der Waals surface area contributed by atoms with Gasteiger partial charge in [-0.15, -0.1) is 0 Å². The number of likely N-dealkylation sites (tertiary alicyclic amines) is 1. The maximum Gasteiger partial charge on any atom is 0.255 e. The quantitative estimate of drug-likeness (QED) is 0.903. The van der Waals surface area contributed by atoms with Gasteiger partial charge < -0.3 is 10.2 Å². The second-order valence-corrected chi connectivity index (χ2v) is 7.73. The minimum absolute atomic E-state index is 0.0524. The highest BCUT2D eigenvalue weighted by Gasteiger charge is 2.43. The molecule has 0 atom stereocenters. The number of nitrogens with one attached hydrogen (secondary N) is 1. The van der Waals surface area contributed by atoms with Crippen LogP contribution in [0, 0.1) is 11.8 Å². The van der Waals surface area contributed by atoms with Gasteiger partial charge in [0.05, 0.1) is 5.56 Å². The van der Waals surface area contributed by atoms with Crippen LogP contribution in [-0.2, 0) is 4.79 Å². The van der Waals surface area contributed by atoms with Gasteiger partial charge >= 0.3 is 0 Å². The number of hydrogen-bond donors (Lipinski definition) is 1. The van der Waals surface area contributed by atoms with E-state index < -0.39 is 0 Å². The monoisotopic (exact) mass is 327 g/mol. The topological polar surface area (TPSA) is 62.3 Å². The van der Waals surface area contributed by atoms with Crippen LogP contribution in [0.25, 0.3) is 0 Å². The third-order valence-corrected chi connectivity index (χ3v) is 5.63. The number of amides is 2. The number of nitrogens with zero attached hydrogens (tertiary/aromatic N) is 2. The normalized spacial score (nSPS) is 22.9. The van der Waals surface area contributed by atoms with Crippen molar-refractivity contribution in [2.45, 2.75) is 50.5 Å². The van der Waals surface area contributed by atoms with Crippen LogP contribution in [0.5, 0.6) is 0 Å². The molecule has 1 aliphatic heterocycles. The predicted molar refractivity (Wildman–Crippen MR) is 90.3 cm³/mol. The fourth-order valence-corrected chi connectivity index (χ4v) is 3.77. The lowest BCUT2D eigenvalue weighted by Gasteiger charge is -2.43. The number of carbonyl (C=O) groups is 2. The van der Waals surface area contributed by atoms with Crippen molar-refractivity contribution in [1.29, 1.82) is 0 Å². The van der Waals surface area contributed by atoms with E-state index in [1.165, 1.54) is 12.8 Å². The summed E-state index contributed by atoms with van der Waals surface area (Å²) in [6, 6.07) is 3.61. The molecule has 0 aromatic carbocycles. The summed E-state index contributed by atoms with van der Waals surface area (Å²) < 4.78 is 0. The van der Waals surface area contributed by atoms with Gasteiger partial charge in [-0.05, 0) is 50.2 Å². The van der Waals surface area contributed by atoms with E-state index in [0.717, 1.165) is 38.0 Å². The number of piperidine rings is 1. The van der Waals surface area contributed by atoms with Crippen LogP contribution in [0.15, 0.2) is 24.5 Å². The van der Waals surface area contributed by atoms with Crippen LogP contribution >= 0.6 is 0 Å². The van der Waals surface area contributed by atoms with Crippen molar-refractivity contribution in [1.82, 2.24) is 15.2 Å². The van der Waals surface area contributed by atoms with Crippen molar-refractivity contribution in [3.8, 4) is 0 Å². The van der Waals surface area contributed by atoms with Gasteiger partial charge in [0.1, 0.15) is 0 Å². The highest BCUT2D eigenvalue weighted by molar-refractivity contribution is 5.94. The standard InChI is InChI=1S/C19H25N3O2/c23-17(15-5-6-15)21-19(12-14-3-4-14)7-10-22(11-8-19)18(24)16-2-1-9-20-13-16/h1-2,9,13-15H,3-8,10-12H2,(H,21,23). The van der Waals surface area contributed by atoms with Crippen LogP contribution in [0.2, 0.25) is 0 Å². The Morgan fingerprint density at radius 3 is 2.54 bits per heavy atom. The summed E-state index contributed by atoms with van der Waals surface area (Å²) in [7, 11) is 0. The molecule has 1 aromatic heterocycles. The molecule has 24 heavy (non-hydrogen) atoms. The van der Waals surface area contributed by atoms with Gasteiger partial charge in [0.15, 0.2) is 0 Å². The Morgan fingerprint density at radius 1 is 1.21 bits per heavy atom. The van der Waals surface area contributed by atoms with Crippen LogP contribution in [0.4, 0.5) is 0 Å². The zero-order valence-corrected chi connectivity index (χ0v) is 14.0. The number of aromatic nitrogens is 1. The Balaban J connectivity index is 1.41. The van der Waals surface area contributed by atoms with Gasteiger partial charge in [0.25, 0.3) is 5.91 Å². The second-order valence-electron chi connectivity index (χ2n) is 7.73. The van der Waals surface area contributed by atoms with E-state index >= 15 is 0 Å². The lowest BCUT2D eigenvalue weighted by atomic mass is 9.82. The molecule has 0 bridgehead atoms. The van der Waals surface area contributed by atoms with Crippen LogP contribution in [0.1, 0.15) is 55.3 Å². The van der Waals surface area contributed by atoms with Crippen molar-refractivity contribution in [3.63, 3.8) is 0 Å². The maximum absolute atomic E-state index is 12.6. The molecule has 0 radical (unpaired) electrons. The van der Waals surface area contributed by atoms with Crippen LogP contribution in [0.3, 0.4) is 0 Å². The highest BCUT2D eigenvalue weighted by Crippen LogP contribution is 2.41. The van der Waals surface area contributed by atoms with Gasteiger partial charge in [-0.3, -0.25) is 14.6 Å². The first-order chi connectivity index (χ1) is 11.7. The SMILES string of the molecule is O=C(NC1(CC2CC2)CCN(C(=O)c2cccnc2)CC1)C1CC1. The Bertz CT molecular complexity index is 615. The lowest BCUT2D eigenvalue weighted by molar-refractivity contribution is -0.125. The summed E-state index contributed by atoms with van der Waals surface area (Å²) in [4.78, 5) is 30.8. The molecule has 3 aliphatic rings. The Labute approximate surface area is 142 Å². The minimum Gasteiger partial charge on any atom is -0.350 e. The molecule has 0 spiro atoms.